The van der Waals surface area contributed by atoms with E-state index in [1.165, 1.54) is 59.9 Å². The summed E-state index contributed by atoms with van der Waals surface area (Å²) in [5, 5.41) is 0. The SMILES string of the molecule is CC(C)(C)C1=CC2=C(C1)C1CCCCC1C2(c1ccccc1)C1c2ccc(C(C)(C)C)cc2-c2cc(C(C)(C)C)ccc21. The van der Waals surface area contributed by atoms with E-state index < -0.39 is 0 Å². The molecule has 0 N–H and O–H groups in total. The first-order valence-electron chi connectivity index (χ1n) is 17.0. The molecule has 1 fully saturated rings. The standard InChI is InChI=1S/C43H52/c1-40(2,3)28-19-21-32-34(23-28)35-24-29(41(4,5)6)20-22-33(35)39(32)43(27-15-11-10-12-16-27)37-18-14-13-17-31(37)36-25-30(26-38(36)43)42(7,8)9/h10-12,15-16,19-24,26,31,37,39H,13-14,17-18,25H2,1-9H3. The summed E-state index contributed by atoms with van der Waals surface area (Å²) < 4.78 is 0. The first kappa shape index (κ1) is 28.9. The van der Waals surface area contributed by atoms with Gasteiger partial charge in [-0.15, -0.1) is 0 Å². The Kier molecular flexibility index (Phi) is 6.43. The van der Waals surface area contributed by atoms with E-state index in [2.05, 4.69) is 135 Å². The maximum atomic E-state index is 2.71. The van der Waals surface area contributed by atoms with Gasteiger partial charge in [0.25, 0.3) is 0 Å². The van der Waals surface area contributed by atoms with Crippen molar-refractivity contribution < 1.29 is 0 Å². The van der Waals surface area contributed by atoms with Crippen molar-refractivity contribution in [2.45, 2.75) is 117 Å². The molecule has 3 aromatic rings. The Labute approximate surface area is 261 Å². The van der Waals surface area contributed by atoms with Gasteiger partial charge in [0.1, 0.15) is 0 Å². The Morgan fingerprint density at radius 1 is 0.628 bits per heavy atom. The van der Waals surface area contributed by atoms with Crippen molar-refractivity contribution in [3.8, 4) is 11.1 Å². The van der Waals surface area contributed by atoms with Crippen LogP contribution in [0.5, 0.6) is 0 Å². The van der Waals surface area contributed by atoms with Crippen molar-refractivity contribution in [3.05, 3.63) is 117 Å². The molecule has 7 rings (SSSR count). The molecule has 0 radical (unpaired) electrons. The quantitative estimate of drug-likeness (QED) is 0.288. The summed E-state index contributed by atoms with van der Waals surface area (Å²) in [7, 11) is 0. The predicted octanol–water partition coefficient (Wildman–Crippen LogP) is 11.8. The molecule has 3 atom stereocenters. The van der Waals surface area contributed by atoms with E-state index in [1.807, 2.05) is 0 Å². The van der Waals surface area contributed by atoms with Crippen molar-refractivity contribution in [1.82, 2.24) is 0 Å². The van der Waals surface area contributed by atoms with Gasteiger partial charge in [0.05, 0.1) is 0 Å². The number of rotatable bonds is 2. The molecule has 224 valence electrons. The second-order valence-corrected chi connectivity index (χ2v) is 17.3. The molecule has 1 saturated carbocycles. The topological polar surface area (TPSA) is 0 Å². The van der Waals surface area contributed by atoms with Gasteiger partial charge in [-0.3, -0.25) is 0 Å². The van der Waals surface area contributed by atoms with Gasteiger partial charge in [0, 0.05) is 11.3 Å². The fourth-order valence-electron chi connectivity index (χ4n) is 9.40. The molecule has 0 heteroatoms. The van der Waals surface area contributed by atoms with Crippen LogP contribution in [0.2, 0.25) is 0 Å². The highest BCUT2D eigenvalue weighted by Crippen LogP contribution is 2.70. The van der Waals surface area contributed by atoms with Crippen LogP contribution >= 0.6 is 0 Å². The third-order valence-corrected chi connectivity index (χ3v) is 11.7. The zero-order valence-electron chi connectivity index (χ0n) is 28.2. The molecule has 0 spiro atoms. The van der Waals surface area contributed by atoms with Crippen molar-refractivity contribution >= 4 is 0 Å². The fraction of sp³-hybridized carbons (Fsp3) is 0.488. The van der Waals surface area contributed by atoms with Gasteiger partial charge in [-0.25, -0.2) is 0 Å². The van der Waals surface area contributed by atoms with Crippen molar-refractivity contribution in [2.75, 3.05) is 0 Å². The van der Waals surface area contributed by atoms with Gasteiger partial charge in [-0.1, -0.05) is 159 Å². The third kappa shape index (κ3) is 4.29. The minimum atomic E-state index is -0.0544. The van der Waals surface area contributed by atoms with E-state index in [0.717, 1.165) is 0 Å². The van der Waals surface area contributed by atoms with Crippen LogP contribution in [0.15, 0.2) is 89.5 Å². The highest BCUT2D eigenvalue weighted by molar-refractivity contribution is 5.83. The predicted molar refractivity (Wildman–Crippen MR) is 184 cm³/mol. The number of hydrogen-bond acceptors (Lipinski definition) is 0. The molecular weight excluding hydrogens is 516 g/mol. The lowest BCUT2D eigenvalue weighted by molar-refractivity contribution is 0.188. The first-order valence-corrected chi connectivity index (χ1v) is 17.0. The van der Waals surface area contributed by atoms with Gasteiger partial charge in [-0.2, -0.15) is 0 Å². The average molecular weight is 569 g/mol. The molecule has 4 aliphatic carbocycles. The molecule has 0 heterocycles. The van der Waals surface area contributed by atoms with E-state index in [-0.39, 0.29) is 21.7 Å². The maximum Gasteiger partial charge on any atom is 0.0345 e. The lowest BCUT2D eigenvalue weighted by atomic mass is 9.54. The van der Waals surface area contributed by atoms with Gasteiger partial charge in [0.15, 0.2) is 0 Å². The van der Waals surface area contributed by atoms with Crippen LogP contribution in [-0.4, -0.2) is 0 Å². The molecule has 43 heavy (non-hydrogen) atoms. The number of hydrogen-bond donors (Lipinski definition) is 0. The Morgan fingerprint density at radius 3 is 1.72 bits per heavy atom. The molecule has 0 nitrogen and oxygen atoms in total. The van der Waals surface area contributed by atoms with Gasteiger partial charge in [0.2, 0.25) is 0 Å². The zero-order chi connectivity index (χ0) is 30.5. The van der Waals surface area contributed by atoms with Gasteiger partial charge >= 0.3 is 0 Å². The van der Waals surface area contributed by atoms with Crippen LogP contribution < -0.4 is 0 Å². The minimum absolute atomic E-state index is 0.0544. The molecule has 3 unspecified atom stereocenters. The average Bonchev–Trinajstić information content (AvgIpc) is 3.61. The molecule has 3 aromatic carbocycles. The smallest absolute Gasteiger partial charge is 0.0345 e. The number of fused-ring (bicyclic) bond motifs is 5. The van der Waals surface area contributed by atoms with E-state index in [0.29, 0.717) is 17.8 Å². The summed E-state index contributed by atoms with van der Waals surface area (Å²) in [5.41, 5.74) is 15.9. The Hall–Kier alpha value is -2.86. The monoisotopic (exact) mass is 568 g/mol. The highest BCUT2D eigenvalue weighted by atomic mass is 14.6. The van der Waals surface area contributed by atoms with Gasteiger partial charge < -0.3 is 0 Å². The van der Waals surface area contributed by atoms with E-state index in [4.69, 9.17) is 0 Å². The molecule has 0 aromatic heterocycles. The molecule has 0 aliphatic heterocycles. The number of allylic oxidation sites excluding steroid dienone is 4. The largest absolute Gasteiger partial charge is 0.0622 e. The van der Waals surface area contributed by atoms with Crippen LogP contribution in [0.1, 0.15) is 128 Å². The normalized spacial score (nSPS) is 25.4. The van der Waals surface area contributed by atoms with Crippen LogP contribution in [0, 0.1) is 17.3 Å². The van der Waals surface area contributed by atoms with E-state index >= 15 is 0 Å². The second-order valence-electron chi connectivity index (χ2n) is 17.3. The third-order valence-electron chi connectivity index (χ3n) is 11.7. The Morgan fingerprint density at radius 2 is 1.19 bits per heavy atom. The lowest BCUT2D eigenvalue weighted by Crippen LogP contribution is -2.43. The fourth-order valence-corrected chi connectivity index (χ4v) is 9.40. The van der Waals surface area contributed by atoms with Crippen LogP contribution in [0.4, 0.5) is 0 Å². The summed E-state index contributed by atoms with van der Waals surface area (Å²) >= 11 is 0. The van der Waals surface area contributed by atoms with Crippen molar-refractivity contribution in [3.63, 3.8) is 0 Å². The first-order chi connectivity index (χ1) is 20.2. The van der Waals surface area contributed by atoms with Crippen LogP contribution in [-0.2, 0) is 16.2 Å². The number of benzene rings is 3. The van der Waals surface area contributed by atoms with E-state index in [9.17, 15) is 0 Å². The van der Waals surface area contributed by atoms with Crippen molar-refractivity contribution in [2.24, 2.45) is 17.3 Å². The molecule has 0 bridgehead atoms. The Balaban J connectivity index is 1.57. The molecule has 0 saturated heterocycles. The summed E-state index contributed by atoms with van der Waals surface area (Å²) in [6.07, 6.45) is 9.28. The lowest BCUT2D eigenvalue weighted by Gasteiger charge is -2.48. The highest BCUT2D eigenvalue weighted by Gasteiger charge is 2.61. The van der Waals surface area contributed by atoms with Crippen LogP contribution in [0.25, 0.3) is 11.1 Å². The maximum absolute atomic E-state index is 2.71. The summed E-state index contributed by atoms with van der Waals surface area (Å²) in [6.45, 7) is 21.4. The summed E-state index contributed by atoms with van der Waals surface area (Å²) in [5.74, 6) is 1.65. The minimum Gasteiger partial charge on any atom is -0.0622 e. The summed E-state index contributed by atoms with van der Waals surface area (Å²) in [4.78, 5) is 0. The van der Waals surface area contributed by atoms with Crippen LogP contribution in [0.3, 0.4) is 0 Å². The second kappa shape index (κ2) is 9.57. The van der Waals surface area contributed by atoms with Crippen molar-refractivity contribution in [1.29, 1.82) is 0 Å². The summed E-state index contributed by atoms with van der Waals surface area (Å²) in [6, 6.07) is 26.9. The zero-order valence-corrected chi connectivity index (χ0v) is 28.2. The van der Waals surface area contributed by atoms with Gasteiger partial charge in [-0.05, 0) is 91.9 Å². The van der Waals surface area contributed by atoms with E-state index in [1.54, 1.807) is 27.8 Å². The Bertz CT molecular complexity index is 1580. The molecule has 0 amide bonds. The molecular formula is C43H52. The molecule has 4 aliphatic rings.